The lowest BCUT2D eigenvalue weighted by atomic mass is 10.0. The smallest absolute Gasteiger partial charge is 0.306 e. The summed E-state index contributed by atoms with van der Waals surface area (Å²) >= 11 is 0. The molecular weight excluding hydrogens is 570 g/mol. The molecule has 0 radical (unpaired) electrons. The molecule has 2 aromatic carbocycles. The number of ether oxygens (including phenoxy) is 3. The Bertz CT molecular complexity index is 1740. The third-order valence-electron chi connectivity index (χ3n) is 5.91. The largest absolute Gasteiger partial charge is 0.491 e. The van der Waals surface area contributed by atoms with Crippen molar-refractivity contribution >= 4 is 32.6 Å². The molecule has 0 amide bonds. The summed E-state index contributed by atoms with van der Waals surface area (Å²) in [5.41, 5.74) is 1.64. The van der Waals surface area contributed by atoms with Crippen molar-refractivity contribution in [2.75, 3.05) is 18.4 Å². The molecule has 0 fully saturated rings. The Morgan fingerprint density at radius 3 is 2.48 bits per heavy atom. The molecule has 4 aromatic rings. The molecule has 10 nitrogen and oxygen atoms in total. The van der Waals surface area contributed by atoms with Gasteiger partial charge in [-0.2, -0.15) is 0 Å². The van der Waals surface area contributed by atoms with Crippen molar-refractivity contribution < 1.29 is 36.2 Å². The lowest BCUT2D eigenvalue weighted by molar-refractivity contribution is -0.155. The number of fused-ring (bicyclic) bond motifs is 1. The van der Waals surface area contributed by atoms with E-state index in [2.05, 4.69) is 19.7 Å². The Morgan fingerprint density at radius 1 is 1.02 bits per heavy atom. The summed E-state index contributed by atoms with van der Waals surface area (Å²) in [5, 5.41) is 0.684. The molecule has 0 bridgehead atoms. The lowest BCUT2D eigenvalue weighted by Crippen LogP contribution is -2.23. The first-order valence-corrected chi connectivity index (χ1v) is 14.4. The van der Waals surface area contributed by atoms with Crippen molar-refractivity contribution in [3.63, 3.8) is 0 Å². The third-order valence-corrected chi connectivity index (χ3v) is 7.31. The number of aromatic nitrogens is 3. The number of esters is 1. The van der Waals surface area contributed by atoms with Crippen LogP contribution in [0.15, 0.2) is 53.8 Å². The average Bonchev–Trinajstić information content (AvgIpc) is 2.90. The average molecular weight is 601 g/mol. The van der Waals surface area contributed by atoms with E-state index in [9.17, 15) is 22.0 Å². The van der Waals surface area contributed by atoms with Crippen LogP contribution in [0.4, 0.5) is 14.5 Å². The van der Waals surface area contributed by atoms with Gasteiger partial charge in [-0.05, 0) is 70.0 Å². The van der Waals surface area contributed by atoms with E-state index >= 15 is 0 Å². The molecule has 0 unspecified atom stereocenters. The van der Waals surface area contributed by atoms with Crippen LogP contribution in [0.1, 0.15) is 39.3 Å². The Morgan fingerprint density at radius 2 is 1.79 bits per heavy atom. The van der Waals surface area contributed by atoms with Gasteiger partial charge in [0, 0.05) is 35.3 Å². The van der Waals surface area contributed by atoms with Gasteiger partial charge in [0.15, 0.2) is 0 Å². The topological polar surface area (TPSA) is 130 Å². The normalized spacial score (nSPS) is 11.8. The summed E-state index contributed by atoms with van der Waals surface area (Å²) in [6.45, 7) is 7.41. The maximum atomic E-state index is 14.3. The monoisotopic (exact) mass is 600 g/mol. The number of methoxy groups -OCH3 is 1. The first kappa shape index (κ1) is 30.6. The summed E-state index contributed by atoms with van der Waals surface area (Å²) < 4.78 is 72.5. The number of halogens is 2. The van der Waals surface area contributed by atoms with Gasteiger partial charge >= 0.3 is 5.97 Å². The maximum Gasteiger partial charge on any atom is 0.306 e. The number of anilines is 1. The van der Waals surface area contributed by atoms with Gasteiger partial charge in [0.1, 0.15) is 45.4 Å². The minimum atomic E-state index is -4.47. The highest BCUT2D eigenvalue weighted by atomic mass is 32.2. The predicted molar refractivity (Wildman–Crippen MR) is 152 cm³/mol. The quantitative estimate of drug-likeness (QED) is 0.183. The fourth-order valence-electron chi connectivity index (χ4n) is 4.07. The molecule has 0 aliphatic carbocycles. The standard InChI is InChI=1S/C29H30F2N4O6S/c1-17-21-11-18(13-24(27(21)34-16-33-17)40-10-6-7-26(36)41-29(2,3)4)19-12-23(28(39-5)32-15-19)35-42(37,38)25-9-8-20(30)14-22(25)31/h8-9,11-16,35H,6-7,10H2,1-5H3. The number of hydrogen-bond acceptors (Lipinski definition) is 9. The van der Waals surface area contributed by atoms with Crippen molar-refractivity contribution in [1.29, 1.82) is 0 Å². The van der Waals surface area contributed by atoms with Crippen LogP contribution in [0.25, 0.3) is 22.0 Å². The van der Waals surface area contributed by atoms with Crippen molar-refractivity contribution in [2.24, 2.45) is 0 Å². The van der Waals surface area contributed by atoms with Gasteiger partial charge in [-0.25, -0.2) is 32.2 Å². The minimum absolute atomic E-state index is 0.0660. The maximum absolute atomic E-state index is 14.3. The van der Waals surface area contributed by atoms with Crippen LogP contribution < -0.4 is 14.2 Å². The summed E-state index contributed by atoms with van der Waals surface area (Å²) in [7, 11) is -3.17. The van der Waals surface area contributed by atoms with Crippen LogP contribution in [-0.4, -0.2) is 48.7 Å². The second-order valence-electron chi connectivity index (χ2n) is 10.3. The molecule has 4 rings (SSSR count). The van der Waals surface area contributed by atoms with Crippen LogP contribution in [0.3, 0.4) is 0 Å². The van der Waals surface area contributed by atoms with Crippen molar-refractivity contribution in [1.82, 2.24) is 15.0 Å². The van der Waals surface area contributed by atoms with Crippen LogP contribution >= 0.6 is 0 Å². The molecule has 2 heterocycles. The zero-order valence-corrected chi connectivity index (χ0v) is 24.5. The molecule has 222 valence electrons. The predicted octanol–water partition coefficient (Wildman–Crippen LogP) is 5.59. The van der Waals surface area contributed by atoms with Gasteiger partial charge in [-0.1, -0.05) is 0 Å². The number of carbonyl (C=O) groups excluding carboxylic acids is 1. The fourth-order valence-corrected chi connectivity index (χ4v) is 5.17. The molecule has 0 atom stereocenters. The highest BCUT2D eigenvalue weighted by molar-refractivity contribution is 7.92. The molecule has 0 aliphatic rings. The van der Waals surface area contributed by atoms with Gasteiger partial charge in [-0.3, -0.25) is 9.52 Å². The first-order valence-electron chi connectivity index (χ1n) is 12.9. The number of pyridine rings is 1. The molecule has 0 aliphatic heterocycles. The highest BCUT2D eigenvalue weighted by Gasteiger charge is 2.23. The number of benzene rings is 2. The number of nitrogens with zero attached hydrogens (tertiary/aromatic N) is 3. The van der Waals surface area contributed by atoms with Crippen LogP contribution in [0.5, 0.6) is 11.6 Å². The molecule has 2 aromatic heterocycles. The van der Waals surface area contributed by atoms with Gasteiger partial charge in [0.25, 0.3) is 10.0 Å². The summed E-state index contributed by atoms with van der Waals surface area (Å²) in [6.07, 6.45) is 3.47. The highest BCUT2D eigenvalue weighted by Crippen LogP contribution is 2.35. The molecule has 42 heavy (non-hydrogen) atoms. The minimum Gasteiger partial charge on any atom is -0.491 e. The molecular formula is C29H30F2N4O6S. The Balaban J connectivity index is 1.66. The van der Waals surface area contributed by atoms with E-state index in [4.69, 9.17) is 14.2 Å². The van der Waals surface area contributed by atoms with E-state index in [-0.39, 0.29) is 30.6 Å². The van der Waals surface area contributed by atoms with E-state index in [1.807, 2.05) is 6.92 Å². The van der Waals surface area contributed by atoms with E-state index < -0.39 is 32.2 Å². The lowest BCUT2D eigenvalue weighted by Gasteiger charge is -2.19. The summed E-state index contributed by atoms with van der Waals surface area (Å²) in [6, 6.07) is 7.14. The Labute approximate surface area is 242 Å². The van der Waals surface area contributed by atoms with Crippen molar-refractivity contribution in [2.45, 2.75) is 51.0 Å². The van der Waals surface area contributed by atoms with E-state index in [0.29, 0.717) is 46.0 Å². The van der Waals surface area contributed by atoms with Gasteiger partial charge in [0.2, 0.25) is 5.88 Å². The zero-order valence-electron chi connectivity index (χ0n) is 23.7. The van der Waals surface area contributed by atoms with Crippen molar-refractivity contribution in [3.05, 3.63) is 66.3 Å². The van der Waals surface area contributed by atoms with Crippen LogP contribution in [0, 0.1) is 18.6 Å². The molecule has 13 heteroatoms. The van der Waals surface area contributed by atoms with Gasteiger partial charge in [-0.15, -0.1) is 0 Å². The SMILES string of the molecule is COc1ncc(-c2cc(OCCCC(=O)OC(C)(C)C)c3ncnc(C)c3c2)cc1NS(=O)(=O)c1ccc(F)cc1F. The third kappa shape index (κ3) is 7.27. The number of aryl methyl sites for hydroxylation is 1. The number of rotatable bonds is 10. The second-order valence-corrected chi connectivity index (χ2v) is 12.0. The van der Waals surface area contributed by atoms with Gasteiger partial charge < -0.3 is 14.2 Å². The van der Waals surface area contributed by atoms with E-state index in [0.717, 1.165) is 12.1 Å². The Kier molecular flexibility index (Phi) is 8.90. The number of carbonyl (C=O) groups is 1. The van der Waals surface area contributed by atoms with Crippen LogP contribution in [-0.2, 0) is 19.6 Å². The number of hydrogen-bond donors (Lipinski definition) is 1. The zero-order chi connectivity index (χ0) is 30.7. The molecule has 0 saturated heterocycles. The fraction of sp³-hybridized carbons (Fsp3) is 0.310. The van der Waals surface area contributed by atoms with E-state index in [1.54, 1.807) is 32.9 Å². The number of sulfonamides is 1. The number of nitrogens with one attached hydrogen (secondary N) is 1. The van der Waals surface area contributed by atoms with Gasteiger partial charge in [0.05, 0.1) is 13.7 Å². The molecule has 0 spiro atoms. The second kappa shape index (κ2) is 12.2. The van der Waals surface area contributed by atoms with Crippen LogP contribution in [0.2, 0.25) is 0 Å². The van der Waals surface area contributed by atoms with Crippen molar-refractivity contribution in [3.8, 4) is 22.8 Å². The molecule has 0 saturated carbocycles. The van der Waals surface area contributed by atoms with E-state index in [1.165, 1.54) is 25.7 Å². The Hall–Kier alpha value is -4.39. The summed E-state index contributed by atoms with van der Waals surface area (Å²) in [5.74, 6) is -2.13. The summed E-state index contributed by atoms with van der Waals surface area (Å²) in [4.78, 5) is 24.2. The first-order chi connectivity index (χ1) is 19.8. The molecule has 1 N–H and O–H groups in total.